The van der Waals surface area contributed by atoms with Crippen molar-refractivity contribution in [3.05, 3.63) is 95.6 Å². The minimum absolute atomic E-state index is 0.565. The van der Waals surface area contributed by atoms with Crippen molar-refractivity contribution in [3.8, 4) is 11.1 Å². The summed E-state index contributed by atoms with van der Waals surface area (Å²) in [5.41, 5.74) is 10.3. The Bertz CT molecular complexity index is 1040. The Morgan fingerprint density at radius 2 is 1.59 bits per heavy atom. The second-order valence-corrected chi connectivity index (χ2v) is 8.59. The van der Waals surface area contributed by atoms with Crippen LogP contribution in [0.5, 0.6) is 0 Å². The number of anilines is 1. The van der Waals surface area contributed by atoms with Gasteiger partial charge in [-0.3, -0.25) is 0 Å². The number of aldehydes is 1. The van der Waals surface area contributed by atoms with Crippen LogP contribution in [0.3, 0.4) is 0 Å². The molecule has 0 saturated carbocycles. The van der Waals surface area contributed by atoms with Gasteiger partial charge < -0.3 is 10.1 Å². The number of rotatable bonds is 11. The molecule has 3 aromatic carbocycles. The number of hydrogen-bond acceptors (Lipinski definition) is 2. The molecule has 0 aliphatic heterocycles. The molecule has 0 bridgehead atoms. The van der Waals surface area contributed by atoms with E-state index in [1.165, 1.54) is 51.9 Å². The number of allylic oxidation sites excluding steroid dienone is 1. The highest BCUT2D eigenvalue weighted by molar-refractivity contribution is 5.71. The Hall–Kier alpha value is -3.13. The predicted molar refractivity (Wildman–Crippen MR) is 150 cm³/mol. The molecule has 0 aliphatic rings. The molecule has 1 N–H and O–H groups in total. The van der Waals surface area contributed by atoms with Crippen LogP contribution in [0.2, 0.25) is 0 Å². The van der Waals surface area contributed by atoms with Crippen molar-refractivity contribution in [3.63, 3.8) is 0 Å². The summed E-state index contributed by atoms with van der Waals surface area (Å²) < 4.78 is 0. The zero-order chi connectivity index (χ0) is 24.8. The number of carbonyl (C=O) groups is 1. The van der Waals surface area contributed by atoms with Gasteiger partial charge in [-0.15, -0.1) is 0 Å². The van der Waals surface area contributed by atoms with Crippen molar-refractivity contribution in [1.29, 1.82) is 0 Å². The van der Waals surface area contributed by atoms with Gasteiger partial charge in [0.1, 0.15) is 6.29 Å². The molecule has 0 unspecified atom stereocenters. The van der Waals surface area contributed by atoms with Crippen LogP contribution in [0.25, 0.3) is 16.7 Å². The summed E-state index contributed by atoms with van der Waals surface area (Å²) in [6.07, 6.45) is 8.05. The van der Waals surface area contributed by atoms with Crippen molar-refractivity contribution in [1.82, 2.24) is 0 Å². The summed E-state index contributed by atoms with van der Waals surface area (Å²) in [6.45, 7) is 10.6. The van der Waals surface area contributed by atoms with Gasteiger partial charge in [0.25, 0.3) is 0 Å². The lowest BCUT2D eigenvalue weighted by molar-refractivity contribution is -0.107. The van der Waals surface area contributed by atoms with Crippen LogP contribution in [-0.4, -0.2) is 13.3 Å². The van der Waals surface area contributed by atoms with E-state index in [0.29, 0.717) is 6.42 Å². The topological polar surface area (TPSA) is 29.1 Å². The number of nitrogens with one attached hydrogen (secondary N) is 1. The summed E-state index contributed by atoms with van der Waals surface area (Å²) >= 11 is 0. The van der Waals surface area contributed by atoms with Crippen LogP contribution in [-0.2, 0) is 24.1 Å². The third-order valence-corrected chi connectivity index (χ3v) is 6.22. The number of hydrogen-bond donors (Lipinski definition) is 1. The van der Waals surface area contributed by atoms with Gasteiger partial charge in [-0.2, -0.15) is 0 Å². The fourth-order valence-corrected chi connectivity index (χ4v) is 4.10. The minimum Gasteiger partial charge on any atom is -0.388 e. The zero-order valence-corrected chi connectivity index (χ0v) is 21.5. The molecule has 34 heavy (non-hydrogen) atoms. The van der Waals surface area contributed by atoms with Gasteiger partial charge in [-0.1, -0.05) is 88.4 Å². The monoisotopic (exact) mass is 455 g/mol. The van der Waals surface area contributed by atoms with E-state index in [1.54, 1.807) is 0 Å². The number of aryl methyl sites for hydroxylation is 3. The Balaban J connectivity index is 0.000000242. The molecule has 0 fully saturated rings. The van der Waals surface area contributed by atoms with E-state index < -0.39 is 0 Å². The fraction of sp³-hybridized carbons (Fsp3) is 0.344. The van der Waals surface area contributed by atoms with Gasteiger partial charge in [0.05, 0.1) is 0 Å². The molecule has 0 radical (unpaired) electrons. The molecule has 0 atom stereocenters. The van der Waals surface area contributed by atoms with Crippen LogP contribution in [0, 0.1) is 0 Å². The highest BCUT2D eigenvalue weighted by Gasteiger charge is 2.06. The van der Waals surface area contributed by atoms with E-state index >= 15 is 0 Å². The quantitative estimate of drug-likeness (QED) is 0.293. The molecule has 2 heteroatoms. The number of carbonyl (C=O) groups excluding carboxylic acids is 1. The molecule has 3 aromatic rings. The lowest BCUT2D eigenvalue weighted by Gasteiger charge is -2.12. The van der Waals surface area contributed by atoms with Crippen LogP contribution in [0.4, 0.5) is 5.69 Å². The second-order valence-electron chi connectivity index (χ2n) is 8.59. The first-order chi connectivity index (χ1) is 16.6. The first-order valence-corrected chi connectivity index (χ1v) is 12.7. The fourth-order valence-electron chi connectivity index (χ4n) is 4.10. The van der Waals surface area contributed by atoms with E-state index in [0.717, 1.165) is 37.5 Å². The maximum atomic E-state index is 10.3. The van der Waals surface area contributed by atoms with E-state index in [-0.39, 0.29) is 0 Å². The van der Waals surface area contributed by atoms with Crippen molar-refractivity contribution < 1.29 is 4.79 Å². The highest BCUT2D eigenvalue weighted by Crippen LogP contribution is 2.28. The summed E-state index contributed by atoms with van der Waals surface area (Å²) in [5.74, 6) is 0. The largest absolute Gasteiger partial charge is 0.388 e. The molecule has 0 amide bonds. The van der Waals surface area contributed by atoms with Crippen LogP contribution >= 0.6 is 0 Å². The van der Waals surface area contributed by atoms with Crippen molar-refractivity contribution in [2.45, 2.75) is 65.7 Å². The first kappa shape index (κ1) is 27.1. The van der Waals surface area contributed by atoms with E-state index in [4.69, 9.17) is 0 Å². The average Bonchev–Trinajstić information content (AvgIpc) is 2.90. The van der Waals surface area contributed by atoms with Gasteiger partial charge in [-0.05, 0) is 83.2 Å². The lowest BCUT2D eigenvalue weighted by atomic mass is 9.95. The molecule has 3 rings (SSSR count). The Morgan fingerprint density at radius 1 is 0.882 bits per heavy atom. The lowest BCUT2D eigenvalue weighted by Crippen LogP contribution is -1.94. The molecule has 2 nitrogen and oxygen atoms in total. The first-order valence-electron chi connectivity index (χ1n) is 12.7. The molecule has 0 saturated heterocycles. The van der Waals surface area contributed by atoms with Crippen molar-refractivity contribution in [2.24, 2.45) is 0 Å². The maximum Gasteiger partial charge on any atom is 0.120 e. The van der Waals surface area contributed by atoms with E-state index in [9.17, 15) is 4.79 Å². The summed E-state index contributed by atoms with van der Waals surface area (Å²) in [6, 6.07) is 23.8. The predicted octanol–water partition coefficient (Wildman–Crippen LogP) is 8.54. The Labute approximate surface area is 207 Å². The smallest absolute Gasteiger partial charge is 0.120 e. The zero-order valence-electron chi connectivity index (χ0n) is 21.5. The SMILES string of the molecule is C=C(CCC=O)c1ccc(CC)c(CC)c1.CCCCc1ccc(NC)cc1-c1ccccc1. The van der Waals surface area contributed by atoms with E-state index in [2.05, 4.69) is 99.4 Å². The molecule has 0 aromatic heterocycles. The third-order valence-electron chi connectivity index (χ3n) is 6.22. The summed E-state index contributed by atoms with van der Waals surface area (Å²) in [7, 11) is 1.97. The van der Waals surface area contributed by atoms with Crippen LogP contribution in [0.1, 0.15) is 68.7 Å². The minimum atomic E-state index is 0.565. The normalized spacial score (nSPS) is 10.2. The average molecular weight is 456 g/mol. The highest BCUT2D eigenvalue weighted by atomic mass is 16.1. The molecular formula is C32H41NO. The van der Waals surface area contributed by atoms with Gasteiger partial charge in [0.15, 0.2) is 0 Å². The summed E-state index contributed by atoms with van der Waals surface area (Å²) in [4.78, 5) is 10.3. The number of unbranched alkanes of at least 4 members (excludes halogenated alkanes) is 1. The molecule has 180 valence electrons. The molecule has 0 aliphatic carbocycles. The van der Waals surface area contributed by atoms with Gasteiger partial charge in [-0.25, -0.2) is 0 Å². The van der Waals surface area contributed by atoms with Crippen molar-refractivity contribution in [2.75, 3.05) is 12.4 Å². The molecule has 0 heterocycles. The van der Waals surface area contributed by atoms with Crippen LogP contribution in [0.15, 0.2) is 73.3 Å². The maximum absolute atomic E-state index is 10.3. The van der Waals surface area contributed by atoms with Gasteiger partial charge in [0, 0.05) is 19.2 Å². The standard InChI is InChI=1S/C17H21N.C15H20O/c1-3-4-8-15-11-12-16(18-2)13-17(15)14-9-6-5-7-10-14;1-4-13-8-9-15(11-14(13)5-2)12(3)7-6-10-16/h5-7,9-13,18H,3-4,8H2,1-2H3;8-11H,3-7H2,1-2H3. The molecular weight excluding hydrogens is 414 g/mol. The second kappa shape index (κ2) is 14.9. The summed E-state index contributed by atoms with van der Waals surface area (Å²) in [5, 5.41) is 3.22. The van der Waals surface area contributed by atoms with Crippen LogP contribution < -0.4 is 5.32 Å². The third kappa shape index (κ3) is 8.02. The number of benzene rings is 3. The van der Waals surface area contributed by atoms with Crippen molar-refractivity contribution >= 4 is 17.5 Å². The Kier molecular flexibility index (Phi) is 11.9. The van der Waals surface area contributed by atoms with Gasteiger partial charge in [0.2, 0.25) is 0 Å². The van der Waals surface area contributed by atoms with E-state index in [1.807, 2.05) is 7.05 Å². The molecule has 0 spiro atoms. The Morgan fingerprint density at radius 3 is 2.21 bits per heavy atom. The van der Waals surface area contributed by atoms with Gasteiger partial charge >= 0.3 is 0 Å².